The number of alkyl halides is 3. The average Bonchev–Trinajstić information content (AvgIpc) is 2.44. The van der Waals surface area contributed by atoms with E-state index in [4.69, 9.17) is 11.5 Å². The van der Waals surface area contributed by atoms with Crippen LogP contribution < -0.4 is 26.8 Å². The Morgan fingerprint density at radius 1 is 1.08 bits per heavy atom. The number of halogens is 3. The highest BCUT2D eigenvalue weighted by molar-refractivity contribution is 6.05. The highest BCUT2D eigenvalue weighted by atomic mass is 19.4. The molecule has 6 N–H and O–H groups in total. The Balaban J connectivity index is 2.43. The normalized spacial score (nSPS) is 11.0. The zero-order valence-corrected chi connectivity index (χ0v) is 12.2. The van der Waals surface area contributed by atoms with E-state index in [2.05, 4.69) is 10.1 Å². The maximum Gasteiger partial charge on any atom is 0.573 e. The third kappa shape index (κ3) is 6.85. The van der Waals surface area contributed by atoms with Crippen LogP contribution in [0.2, 0.25) is 0 Å². The molecule has 0 aromatic heterocycles. The van der Waals surface area contributed by atoms with Gasteiger partial charge in [0.15, 0.2) is 6.04 Å². The molecule has 1 aromatic carbocycles. The van der Waals surface area contributed by atoms with Crippen LogP contribution in [0.25, 0.3) is 0 Å². The van der Waals surface area contributed by atoms with Crippen molar-refractivity contribution in [3.05, 3.63) is 29.8 Å². The predicted molar refractivity (Wildman–Crippen MR) is 75.5 cm³/mol. The Morgan fingerprint density at radius 2 is 1.62 bits per heavy atom. The summed E-state index contributed by atoms with van der Waals surface area (Å²) in [6.45, 7) is 0.0928. The van der Waals surface area contributed by atoms with E-state index in [-0.39, 0.29) is 18.7 Å². The van der Waals surface area contributed by atoms with Gasteiger partial charge in [-0.2, -0.15) is 0 Å². The SMILES string of the molecule is NC(=O)C(NC(=O)NCCc1ccc(OC(F)(F)F)cc1)C(N)=O. The number of benzene rings is 1. The van der Waals surface area contributed by atoms with Crippen molar-refractivity contribution in [2.75, 3.05) is 6.54 Å². The van der Waals surface area contributed by atoms with Crippen molar-refractivity contribution in [1.29, 1.82) is 0 Å². The molecule has 132 valence electrons. The highest BCUT2D eigenvalue weighted by Gasteiger charge is 2.30. The molecule has 0 radical (unpaired) electrons. The maximum atomic E-state index is 12.0. The number of nitrogens with one attached hydrogen (secondary N) is 2. The van der Waals surface area contributed by atoms with Crippen molar-refractivity contribution in [3.8, 4) is 5.75 Å². The van der Waals surface area contributed by atoms with Crippen molar-refractivity contribution >= 4 is 17.8 Å². The van der Waals surface area contributed by atoms with Crippen LogP contribution in [0.4, 0.5) is 18.0 Å². The first kappa shape index (κ1) is 19.1. The van der Waals surface area contributed by atoms with E-state index >= 15 is 0 Å². The maximum absolute atomic E-state index is 12.0. The van der Waals surface area contributed by atoms with Crippen LogP contribution in [0.15, 0.2) is 24.3 Å². The van der Waals surface area contributed by atoms with E-state index in [9.17, 15) is 27.6 Å². The van der Waals surface area contributed by atoms with Crippen LogP contribution in [-0.4, -0.2) is 36.8 Å². The number of ether oxygens (including phenoxy) is 1. The fourth-order valence-corrected chi connectivity index (χ4v) is 1.64. The second-order valence-corrected chi connectivity index (χ2v) is 4.58. The molecule has 0 aliphatic rings. The number of urea groups is 1. The number of carbonyl (C=O) groups is 3. The van der Waals surface area contributed by atoms with Gasteiger partial charge < -0.3 is 26.8 Å². The van der Waals surface area contributed by atoms with Gasteiger partial charge in [0.05, 0.1) is 0 Å². The summed E-state index contributed by atoms with van der Waals surface area (Å²) in [5, 5.41) is 4.34. The summed E-state index contributed by atoms with van der Waals surface area (Å²) in [5.41, 5.74) is 10.4. The van der Waals surface area contributed by atoms with Crippen LogP contribution in [-0.2, 0) is 16.0 Å². The van der Waals surface area contributed by atoms with E-state index in [1.54, 1.807) is 0 Å². The Kier molecular flexibility index (Phi) is 6.38. The molecular weight excluding hydrogens is 333 g/mol. The number of nitrogens with two attached hydrogens (primary N) is 2. The molecule has 0 aliphatic heterocycles. The molecule has 0 aliphatic carbocycles. The zero-order chi connectivity index (χ0) is 18.3. The Bertz CT molecular complexity index is 590. The molecule has 0 saturated heterocycles. The molecule has 0 bridgehead atoms. The van der Waals surface area contributed by atoms with Crippen LogP contribution in [0.1, 0.15) is 5.56 Å². The molecule has 4 amide bonds. The average molecular weight is 348 g/mol. The Labute approximate surface area is 134 Å². The summed E-state index contributed by atoms with van der Waals surface area (Å²) in [5.74, 6) is -2.56. The van der Waals surface area contributed by atoms with E-state index in [0.717, 1.165) is 12.1 Å². The summed E-state index contributed by atoms with van der Waals surface area (Å²) in [6, 6.07) is 2.60. The van der Waals surface area contributed by atoms with Crippen molar-refractivity contribution < 1.29 is 32.3 Å². The standard InChI is InChI=1S/C13H15F3N4O4/c14-13(15,16)24-8-3-1-7(2-4-8)5-6-19-12(23)20-9(10(17)21)11(18)22/h1-4,9H,5-6H2,(H2,17,21)(H2,18,22)(H2,19,20,23). The summed E-state index contributed by atoms with van der Waals surface area (Å²) in [7, 11) is 0. The lowest BCUT2D eigenvalue weighted by Crippen LogP contribution is -2.55. The molecule has 24 heavy (non-hydrogen) atoms. The summed E-state index contributed by atoms with van der Waals surface area (Å²) >= 11 is 0. The molecule has 11 heteroatoms. The second kappa shape index (κ2) is 8.04. The van der Waals surface area contributed by atoms with Crippen LogP contribution in [0.5, 0.6) is 5.75 Å². The van der Waals surface area contributed by atoms with E-state index in [1.165, 1.54) is 12.1 Å². The van der Waals surface area contributed by atoms with Gasteiger partial charge in [-0.05, 0) is 24.1 Å². The lowest BCUT2D eigenvalue weighted by Gasteiger charge is -2.13. The number of primary amides is 2. The van der Waals surface area contributed by atoms with Crippen LogP contribution >= 0.6 is 0 Å². The van der Waals surface area contributed by atoms with E-state index in [0.29, 0.717) is 5.56 Å². The third-order valence-electron chi connectivity index (χ3n) is 2.70. The molecular formula is C13H15F3N4O4. The van der Waals surface area contributed by atoms with E-state index < -0.39 is 30.2 Å². The fourth-order valence-electron chi connectivity index (χ4n) is 1.64. The lowest BCUT2D eigenvalue weighted by molar-refractivity contribution is -0.274. The van der Waals surface area contributed by atoms with Gasteiger partial charge in [-0.1, -0.05) is 12.1 Å². The monoisotopic (exact) mass is 348 g/mol. The third-order valence-corrected chi connectivity index (χ3v) is 2.70. The minimum absolute atomic E-state index is 0.0928. The van der Waals surface area contributed by atoms with Gasteiger partial charge in [0, 0.05) is 6.54 Å². The number of hydrogen-bond acceptors (Lipinski definition) is 4. The topological polar surface area (TPSA) is 137 Å². The summed E-state index contributed by atoms with van der Waals surface area (Å²) < 4.78 is 39.7. The minimum Gasteiger partial charge on any atom is -0.406 e. The highest BCUT2D eigenvalue weighted by Crippen LogP contribution is 2.22. The Hall–Kier alpha value is -2.98. The summed E-state index contributed by atoms with van der Waals surface area (Å²) in [6.07, 6.45) is -4.48. The molecule has 8 nitrogen and oxygen atoms in total. The second-order valence-electron chi connectivity index (χ2n) is 4.58. The van der Waals surface area contributed by atoms with Crippen molar-refractivity contribution in [1.82, 2.24) is 10.6 Å². The minimum atomic E-state index is -4.77. The van der Waals surface area contributed by atoms with Crippen LogP contribution in [0, 0.1) is 0 Å². The van der Waals surface area contributed by atoms with Gasteiger partial charge in [0.2, 0.25) is 11.8 Å². The zero-order valence-electron chi connectivity index (χ0n) is 12.2. The number of hydrogen-bond donors (Lipinski definition) is 4. The summed E-state index contributed by atoms with van der Waals surface area (Å²) in [4.78, 5) is 33.3. The van der Waals surface area contributed by atoms with Gasteiger partial charge >= 0.3 is 12.4 Å². The largest absolute Gasteiger partial charge is 0.573 e. The molecule has 0 fully saturated rings. The molecule has 1 aromatic rings. The van der Waals surface area contributed by atoms with Crippen molar-refractivity contribution in [3.63, 3.8) is 0 Å². The van der Waals surface area contributed by atoms with Gasteiger partial charge in [0.1, 0.15) is 5.75 Å². The first-order valence-electron chi connectivity index (χ1n) is 6.56. The smallest absolute Gasteiger partial charge is 0.406 e. The first-order valence-corrected chi connectivity index (χ1v) is 6.56. The lowest BCUT2D eigenvalue weighted by atomic mass is 10.1. The molecule has 0 heterocycles. The van der Waals surface area contributed by atoms with Gasteiger partial charge in [-0.15, -0.1) is 13.2 Å². The molecule has 0 atom stereocenters. The number of amides is 4. The molecule has 0 unspecified atom stereocenters. The van der Waals surface area contributed by atoms with Gasteiger partial charge in [-0.3, -0.25) is 9.59 Å². The fraction of sp³-hybridized carbons (Fsp3) is 0.308. The van der Waals surface area contributed by atoms with Crippen molar-refractivity contribution in [2.24, 2.45) is 11.5 Å². The van der Waals surface area contributed by atoms with Gasteiger partial charge in [0.25, 0.3) is 0 Å². The number of carbonyl (C=O) groups excluding carboxylic acids is 3. The number of rotatable bonds is 7. The molecule has 0 saturated carbocycles. The predicted octanol–water partition coefficient (Wildman–Crippen LogP) is -0.234. The van der Waals surface area contributed by atoms with Crippen LogP contribution in [0.3, 0.4) is 0 Å². The Morgan fingerprint density at radius 3 is 2.08 bits per heavy atom. The van der Waals surface area contributed by atoms with E-state index in [1.807, 2.05) is 5.32 Å². The first-order chi connectivity index (χ1) is 11.1. The molecule has 1 rings (SSSR count). The molecule has 0 spiro atoms. The van der Waals surface area contributed by atoms with Crippen molar-refractivity contribution in [2.45, 2.75) is 18.8 Å². The van der Waals surface area contributed by atoms with Gasteiger partial charge in [-0.25, -0.2) is 4.79 Å². The quantitative estimate of drug-likeness (QED) is 0.506.